The number of morpholine rings is 1. The number of esters is 2. The molecule has 1 aliphatic rings. The van der Waals surface area contributed by atoms with E-state index in [2.05, 4.69) is 16.2 Å². The molecule has 0 amide bonds. The van der Waals surface area contributed by atoms with Gasteiger partial charge in [0.05, 0.1) is 20.3 Å². The molecule has 0 aromatic rings. The minimum Gasteiger partial charge on any atom is -0.483 e. The van der Waals surface area contributed by atoms with E-state index in [9.17, 15) is 14.4 Å². The SMILES string of the molecule is C=C(/C=C/C(=O)OC)OC(C)(COC(=O)/C=C/C(=O)O)CN1CCOCC1. The summed E-state index contributed by atoms with van der Waals surface area (Å²) in [5, 5.41) is 8.56. The molecule has 150 valence electrons. The summed E-state index contributed by atoms with van der Waals surface area (Å²) in [5.41, 5.74) is -0.971. The number of nitrogens with zero attached hydrogens (tertiary/aromatic N) is 1. The van der Waals surface area contributed by atoms with Gasteiger partial charge in [0.25, 0.3) is 0 Å². The van der Waals surface area contributed by atoms with Crippen molar-refractivity contribution in [1.29, 1.82) is 0 Å². The van der Waals surface area contributed by atoms with E-state index in [0.717, 1.165) is 6.08 Å². The van der Waals surface area contributed by atoms with Gasteiger partial charge in [0.1, 0.15) is 12.4 Å². The van der Waals surface area contributed by atoms with Crippen LogP contribution in [0.4, 0.5) is 0 Å². The number of hydrogen-bond donors (Lipinski definition) is 1. The molecule has 0 spiro atoms. The fraction of sp³-hybridized carbons (Fsp3) is 0.500. The van der Waals surface area contributed by atoms with Gasteiger partial charge < -0.3 is 24.1 Å². The third kappa shape index (κ3) is 9.57. The molecule has 0 aliphatic carbocycles. The molecule has 0 aromatic carbocycles. The number of methoxy groups -OCH3 is 1. The summed E-state index contributed by atoms with van der Waals surface area (Å²) in [6.45, 7) is 8.29. The van der Waals surface area contributed by atoms with Crippen LogP contribution in [0.5, 0.6) is 0 Å². The highest BCUT2D eigenvalue weighted by Crippen LogP contribution is 2.19. The number of carboxylic acid groups (broad SMARTS) is 1. The molecule has 1 fully saturated rings. The molecule has 1 aliphatic heterocycles. The molecule has 0 aromatic heterocycles. The lowest BCUT2D eigenvalue weighted by atomic mass is 10.1. The average molecular weight is 383 g/mol. The van der Waals surface area contributed by atoms with Crippen LogP contribution in [0.1, 0.15) is 6.92 Å². The summed E-state index contributed by atoms with van der Waals surface area (Å²) in [6, 6.07) is 0. The minimum atomic E-state index is -1.25. The summed E-state index contributed by atoms with van der Waals surface area (Å²) in [7, 11) is 1.25. The van der Waals surface area contributed by atoms with Gasteiger partial charge in [-0.3, -0.25) is 4.90 Å². The van der Waals surface area contributed by atoms with Gasteiger partial charge in [-0.05, 0) is 13.0 Å². The molecule has 9 nitrogen and oxygen atoms in total. The summed E-state index contributed by atoms with van der Waals surface area (Å²) >= 11 is 0. The maximum atomic E-state index is 11.7. The number of rotatable bonds is 10. The molecule has 0 radical (unpaired) electrons. The Hall–Kier alpha value is -2.65. The first-order valence-electron chi connectivity index (χ1n) is 8.26. The van der Waals surface area contributed by atoms with Crippen LogP contribution in [0.25, 0.3) is 0 Å². The summed E-state index contributed by atoms with van der Waals surface area (Å²) < 4.78 is 20.8. The Bertz CT molecular complexity index is 606. The predicted octanol–water partition coefficient (Wildman–Crippen LogP) is 0.521. The molecule has 0 saturated carbocycles. The summed E-state index contributed by atoms with van der Waals surface area (Å²) in [6.07, 6.45) is 4.04. The third-order valence-corrected chi connectivity index (χ3v) is 3.53. The molecule has 1 N–H and O–H groups in total. The number of carbonyl (C=O) groups is 3. The lowest BCUT2D eigenvalue weighted by Crippen LogP contribution is -2.49. The van der Waals surface area contributed by atoms with Gasteiger partial charge in [-0.25, -0.2) is 14.4 Å². The van der Waals surface area contributed by atoms with Crippen molar-refractivity contribution < 1.29 is 38.4 Å². The van der Waals surface area contributed by atoms with Crippen LogP contribution in [0, 0.1) is 0 Å². The number of carbonyl (C=O) groups excluding carboxylic acids is 2. The van der Waals surface area contributed by atoms with Crippen LogP contribution in [0.15, 0.2) is 36.6 Å². The molecule has 27 heavy (non-hydrogen) atoms. The second kappa shape index (κ2) is 11.1. The average Bonchev–Trinajstić information content (AvgIpc) is 2.63. The zero-order valence-electron chi connectivity index (χ0n) is 15.5. The normalized spacial score (nSPS) is 17.4. The maximum absolute atomic E-state index is 11.7. The second-order valence-electron chi connectivity index (χ2n) is 6.04. The Morgan fingerprint density at radius 2 is 1.78 bits per heavy atom. The number of carboxylic acids is 1. The van der Waals surface area contributed by atoms with Crippen molar-refractivity contribution in [3.8, 4) is 0 Å². The van der Waals surface area contributed by atoms with Crippen molar-refractivity contribution in [3.63, 3.8) is 0 Å². The Labute approximate surface area is 157 Å². The van der Waals surface area contributed by atoms with Gasteiger partial charge >= 0.3 is 17.9 Å². The van der Waals surface area contributed by atoms with Crippen LogP contribution < -0.4 is 0 Å². The van der Waals surface area contributed by atoms with Gasteiger partial charge in [-0.2, -0.15) is 0 Å². The zero-order chi connectivity index (χ0) is 20.3. The highest BCUT2D eigenvalue weighted by Gasteiger charge is 2.32. The van der Waals surface area contributed by atoms with Crippen LogP contribution in [0.3, 0.4) is 0 Å². The van der Waals surface area contributed by atoms with E-state index in [0.29, 0.717) is 38.9 Å². The Balaban J connectivity index is 2.76. The second-order valence-corrected chi connectivity index (χ2v) is 6.04. The predicted molar refractivity (Wildman–Crippen MR) is 94.8 cm³/mol. The molecular weight excluding hydrogens is 358 g/mol. The van der Waals surface area contributed by atoms with Gasteiger partial charge in [-0.1, -0.05) is 6.58 Å². The number of aliphatic carboxylic acids is 1. The van der Waals surface area contributed by atoms with E-state index in [-0.39, 0.29) is 12.4 Å². The number of allylic oxidation sites excluding steroid dienone is 1. The van der Waals surface area contributed by atoms with Crippen molar-refractivity contribution >= 4 is 17.9 Å². The molecular formula is C18H25NO8. The lowest BCUT2D eigenvalue weighted by molar-refractivity contribution is -0.148. The van der Waals surface area contributed by atoms with E-state index >= 15 is 0 Å². The van der Waals surface area contributed by atoms with E-state index < -0.39 is 23.5 Å². The largest absolute Gasteiger partial charge is 0.483 e. The Kier molecular flexibility index (Phi) is 9.24. The monoisotopic (exact) mass is 383 g/mol. The van der Waals surface area contributed by atoms with Crippen molar-refractivity contribution in [2.75, 3.05) is 46.6 Å². The quantitative estimate of drug-likeness (QED) is 0.250. The van der Waals surface area contributed by atoms with Crippen molar-refractivity contribution in [2.24, 2.45) is 0 Å². The van der Waals surface area contributed by atoms with Crippen molar-refractivity contribution in [3.05, 3.63) is 36.6 Å². The molecule has 1 rings (SSSR count). The topological polar surface area (TPSA) is 112 Å². The Morgan fingerprint density at radius 1 is 1.15 bits per heavy atom. The first kappa shape index (κ1) is 22.4. The zero-order valence-corrected chi connectivity index (χ0v) is 15.5. The molecule has 9 heteroatoms. The highest BCUT2D eigenvalue weighted by molar-refractivity contribution is 5.90. The molecule has 1 atom stereocenters. The van der Waals surface area contributed by atoms with Crippen LogP contribution in [0.2, 0.25) is 0 Å². The fourth-order valence-electron chi connectivity index (χ4n) is 2.33. The number of ether oxygens (including phenoxy) is 4. The summed E-state index contributed by atoms with van der Waals surface area (Å²) in [5.74, 6) is -2.42. The highest BCUT2D eigenvalue weighted by atomic mass is 16.6. The molecule has 0 bridgehead atoms. The van der Waals surface area contributed by atoms with Gasteiger partial charge in [0.15, 0.2) is 5.60 Å². The molecule has 1 unspecified atom stereocenters. The van der Waals surface area contributed by atoms with E-state index in [4.69, 9.17) is 19.3 Å². The minimum absolute atomic E-state index is 0.141. The maximum Gasteiger partial charge on any atom is 0.331 e. The lowest BCUT2D eigenvalue weighted by Gasteiger charge is -2.37. The van der Waals surface area contributed by atoms with Gasteiger partial charge in [-0.15, -0.1) is 0 Å². The van der Waals surface area contributed by atoms with Crippen LogP contribution in [-0.4, -0.2) is 80.1 Å². The standard InChI is InChI=1S/C18H25NO8/c1-14(4-6-16(22)24-3)27-18(2,12-19-8-10-25-11-9-19)13-26-17(23)7-5-15(20)21/h4-7H,1,8-13H2,2-3H3,(H,20,21)/b6-4+,7-5+. The van der Waals surface area contributed by atoms with E-state index in [1.807, 2.05) is 0 Å². The van der Waals surface area contributed by atoms with E-state index in [1.54, 1.807) is 6.92 Å². The van der Waals surface area contributed by atoms with Gasteiger partial charge in [0, 0.05) is 37.9 Å². The number of hydrogen-bond acceptors (Lipinski definition) is 8. The van der Waals surface area contributed by atoms with Crippen LogP contribution >= 0.6 is 0 Å². The molecule has 1 heterocycles. The van der Waals surface area contributed by atoms with Crippen molar-refractivity contribution in [2.45, 2.75) is 12.5 Å². The first-order chi connectivity index (χ1) is 12.7. The smallest absolute Gasteiger partial charge is 0.331 e. The first-order valence-corrected chi connectivity index (χ1v) is 8.26. The van der Waals surface area contributed by atoms with Gasteiger partial charge in [0.2, 0.25) is 0 Å². The van der Waals surface area contributed by atoms with Crippen molar-refractivity contribution in [1.82, 2.24) is 4.90 Å². The third-order valence-electron chi connectivity index (χ3n) is 3.53. The Morgan fingerprint density at radius 3 is 2.37 bits per heavy atom. The van der Waals surface area contributed by atoms with Crippen LogP contribution in [-0.2, 0) is 33.3 Å². The van der Waals surface area contributed by atoms with E-state index in [1.165, 1.54) is 19.3 Å². The summed E-state index contributed by atoms with van der Waals surface area (Å²) in [4.78, 5) is 35.4. The fourth-order valence-corrected chi connectivity index (χ4v) is 2.33. The molecule has 1 saturated heterocycles.